The molecule has 1 unspecified atom stereocenters. The number of hydrogen-bond donors (Lipinski definition) is 0. The highest BCUT2D eigenvalue weighted by molar-refractivity contribution is 7.89. The Kier molecular flexibility index (Phi) is 3.73. The van der Waals surface area contributed by atoms with Gasteiger partial charge < -0.3 is 0 Å². The molecule has 2 heterocycles. The minimum Gasteiger partial charge on any atom is -0.266 e. The molecule has 0 radical (unpaired) electrons. The highest BCUT2D eigenvalue weighted by atomic mass is 32.2. The first-order valence-electron chi connectivity index (χ1n) is 6.80. The van der Waals surface area contributed by atoms with Crippen LogP contribution >= 0.6 is 0 Å². The number of fused-ring (bicyclic) bond motifs is 1. The molecule has 8 heteroatoms. The van der Waals surface area contributed by atoms with Crippen LogP contribution in [0.1, 0.15) is 24.1 Å². The topological polar surface area (TPSA) is 55.2 Å². The van der Waals surface area contributed by atoms with Crippen molar-refractivity contribution in [1.82, 2.24) is 14.1 Å². The SMILES string of the molecule is CC1c2ccccc2CN1S(=O)(=O)c1cnn(CC(F)F)c1. The Hall–Kier alpha value is -1.80. The summed E-state index contributed by atoms with van der Waals surface area (Å²) in [5, 5.41) is 3.70. The van der Waals surface area contributed by atoms with Crippen molar-refractivity contribution in [3.8, 4) is 0 Å². The smallest absolute Gasteiger partial charge is 0.257 e. The molecule has 0 saturated carbocycles. The number of halogens is 2. The molecule has 1 aromatic heterocycles. The van der Waals surface area contributed by atoms with Gasteiger partial charge in [-0.05, 0) is 18.1 Å². The molecule has 2 aromatic rings. The highest BCUT2D eigenvalue weighted by Crippen LogP contribution is 2.37. The molecule has 118 valence electrons. The summed E-state index contributed by atoms with van der Waals surface area (Å²) >= 11 is 0. The third kappa shape index (κ3) is 2.52. The van der Waals surface area contributed by atoms with Gasteiger partial charge in [0.05, 0.1) is 6.20 Å². The average molecular weight is 327 g/mol. The van der Waals surface area contributed by atoms with E-state index in [4.69, 9.17) is 0 Å². The maximum Gasteiger partial charge on any atom is 0.257 e. The number of sulfonamides is 1. The molecule has 1 aromatic carbocycles. The monoisotopic (exact) mass is 327 g/mol. The van der Waals surface area contributed by atoms with E-state index in [2.05, 4.69) is 5.10 Å². The predicted octanol–water partition coefficient (Wildman–Crippen LogP) is 2.41. The summed E-state index contributed by atoms with van der Waals surface area (Å²) in [6.45, 7) is 1.47. The van der Waals surface area contributed by atoms with Crippen molar-refractivity contribution < 1.29 is 17.2 Å². The Bertz CT molecular complexity index is 789. The van der Waals surface area contributed by atoms with Gasteiger partial charge >= 0.3 is 0 Å². The van der Waals surface area contributed by atoms with Gasteiger partial charge in [0.2, 0.25) is 10.0 Å². The summed E-state index contributed by atoms with van der Waals surface area (Å²) in [5.74, 6) is 0. The largest absolute Gasteiger partial charge is 0.266 e. The first kappa shape index (κ1) is 15.1. The summed E-state index contributed by atoms with van der Waals surface area (Å²) in [4.78, 5) is -0.0622. The van der Waals surface area contributed by atoms with Gasteiger partial charge in [0.15, 0.2) is 0 Å². The van der Waals surface area contributed by atoms with E-state index in [1.807, 2.05) is 31.2 Å². The molecule has 1 atom stereocenters. The van der Waals surface area contributed by atoms with Crippen LogP contribution in [0.25, 0.3) is 0 Å². The molecule has 0 N–H and O–H groups in total. The summed E-state index contributed by atoms with van der Waals surface area (Å²) < 4.78 is 52.4. The minimum absolute atomic E-state index is 0.0622. The number of benzene rings is 1. The maximum absolute atomic E-state index is 12.7. The van der Waals surface area contributed by atoms with Crippen LogP contribution in [-0.2, 0) is 23.1 Å². The Morgan fingerprint density at radius 2 is 2.09 bits per heavy atom. The first-order chi connectivity index (χ1) is 10.4. The lowest BCUT2D eigenvalue weighted by Gasteiger charge is -2.20. The molecule has 0 spiro atoms. The molecule has 5 nitrogen and oxygen atoms in total. The van der Waals surface area contributed by atoms with E-state index in [9.17, 15) is 17.2 Å². The summed E-state index contributed by atoms with van der Waals surface area (Å²) in [7, 11) is -3.77. The number of rotatable bonds is 4. The van der Waals surface area contributed by atoms with Crippen molar-refractivity contribution >= 4 is 10.0 Å². The molecular formula is C14H15F2N3O2S. The molecule has 0 saturated heterocycles. The Morgan fingerprint density at radius 1 is 1.36 bits per heavy atom. The van der Waals surface area contributed by atoms with Crippen molar-refractivity contribution in [2.75, 3.05) is 0 Å². The number of hydrogen-bond acceptors (Lipinski definition) is 3. The zero-order valence-electron chi connectivity index (χ0n) is 11.9. The molecule has 0 amide bonds. The van der Waals surface area contributed by atoms with Crippen LogP contribution < -0.4 is 0 Å². The van der Waals surface area contributed by atoms with E-state index in [1.54, 1.807) is 0 Å². The molecule has 1 aliphatic rings. The predicted molar refractivity (Wildman–Crippen MR) is 75.8 cm³/mol. The molecule has 0 aliphatic carbocycles. The maximum atomic E-state index is 12.7. The van der Waals surface area contributed by atoms with Crippen molar-refractivity contribution in [3.05, 3.63) is 47.8 Å². The molecule has 0 bridgehead atoms. The van der Waals surface area contributed by atoms with Crippen LogP contribution in [-0.4, -0.2) is 28.9 Å². The molecule has 0 fully saturated rings. The molecular weight excluding hydrogens is 312 g/mol. The normalized spacial score (nSPS) is 18.8. The summed E-state index contributed by atoms with van der Waals surface area (Å²) in [6.07, 6.45) is -0.310. The zero-order chi connectivity index (χ0) is 15.9. The average Bonchev–Trinajstić information content (AvgIpc) is 3.05. The quantitative estimate of drug-likeness (QED) is 0.866. The van der Waals surface area contributed by atoms with Gasteiger partial charge in [-0.2, -0.15) is 9.40 Å². The van der Waals surface area contributed by atoms with Gasteiger partial charge in [0, 0.05) is 18.8 Å². The van der Waals surface area contributed by atoms with Crippen LogP contribution in [0, 0.1) is 0 Å². The number of nitrogens with zero attached hydrogens (tertiary/aromatic N) is 3. The first-order valence-corrected chi connectivity index (χ1v) is 8.24. The van der Waals surface area contributed by atoms with Crippen molar-refractivity contribution in [1.29, 1.82) is 0 Å². The lowest BCUT2D eigenvalue weighted by atomic mass is 10.1. The summed E-state index contributed by atoms with van der Waals surface area (Å²) in [6, 6.07) is 7.23. The van der Waals surface area contributed by atoms with Gasteiger partial charge in [-0.1, -0.05) is 24.3 Å². The second-order valence-corrected chi connectivity index (χ2v) is 7.10. The van der Waals surface area contributed by atoms with E-state index >= 15 is 0 Å². The van der Waals surface area contributed by atoms with Crippen molar-refractivity contribution in [3.63, 3.8) is 0 Å². The van der Waals surface area contributed by atoms with Gasteiger partial charge in [-0.15, -0.1) is 0 Å². The molecule has 22 heavy (non-hydrogen) atoms. The van der Waals surface area contributed by atoms with E-state index in [-0.39, 0.29) is 17.5 Å². The van der Waals surface area contributed by atoms with Gasteiger partial charge in [0.1, 0.15) is 11.4 Å². The van der Waals surface area contributed by atoms with E-state index in [1.165, 1.54) is 4.31 Å². The van der Waals surface area contributed by atoms with Crippen LogP contribution in [0.4, 0.5) is 8.78 Å². The fraction of sp³-hybridized carbons (Fsp3) is 0.357. The van der Waals surface area contributed by atoms with Crippen LogP contribution in [0.5, 0.6) is 0 Å². The Balaban J connectivity index is 1.90. The lowest BCUT2D eigenvalue weighted by Crippen LogP contribution is -2.28. The third-order valence-electron chi connectivity index (χ3n) is 3.80. The fourth-order valence-electron chi connectivity index (χ4n) is 2.69. The fourth-order valence-corrected chi connectivity index (χ4v) is 4.24. The third-order valence-corrected chi connectivity index (χ3v) is 5.67. The second-order valence-electron chi connectivity index (χ2n) is 5.21. The lowest BCUT2D eigenvalue weighted by molar-refractivity contribution is 0.121. The zero-order valence-corrected chi connectivity index (χ0v) is 12.7. The molecule has 3 rings (SSSR count). The van der Waals surface area contributed by atoms with Crippen LogP contribution in [0.3, 0.4) is 0 Å². The number of alkyl halides is 2. The highest BCUT2D eigenvalue weighted by Gasteiger charge is 2.36. The summed E-state index contributed by atoms with van der Waals surface area (Å²) in [5.41, 5.74) is 1.92. The van der Waals surface area contributed by atoms with Crippen molar-refractivity contribution in [2.45, 2.75) is 37.4 Å². The van der Waals surface area contributed by atoms with Gasteiger partial charge in [-0.25, -0.2) is 17.2 Å². The second kappa shape index (κ2) is 5.44. The van der Waals surface area contributed by atoms with Gasteiger partial charge in [0.25, 0.3) is 6.43 Å². The Morgan fingerprint density at radius 3 is 2.77 bits per heavy atom. The van der Waals surface area contributed by atoms with E-state index < -0.39 is 23.0 Å². The minimum atomic E-state index is -3.77. The van der Waals surface area contributed by atoms with Crippen LogP contribution in [0.15, 0.2) is 41.6 Å². The van der Waals surface area contributed by atoms with Crippen molar-refractivity contribution in [2.24, 2.45) is 0 Å². The van der Waals surface area contributed by atoms with E-state index in [0.29, 0.717) is 0 Å². The van der Waals surface area contributed by atoms with Crippen LogP contribution in [0.2, 0.25) is 0 Å². The molecule has 1 aliphatic heterocycles. The standard InChI is InChI=1S/C14H15F2N3O2S/c1-10-13-5-3-2-4-11(13)7-19(10)22(20,21)12-6-17-18(8-12)9-14(15)16/h2-6,8,10,14H,7,9H2,1H3. The van der Waals surface area contributed by atoms with Gasteiger partial charge in [-0.3, -0.25) is 4.68 Å². The van der Waals surface area contributed by atoms with E-state index in [0.717, 1.165) is 28.2 Å². The Labute approximate surface area is 127 Å². The number of aromatic nitrogens is 2.